The molecule has 0 radical (unpaired) electrons. The average molecular weight is 350 g/mol. The van der Waals surface area contributed by atoms with Gasteiger partial charge in [-0.2, -0.15) is 0 Å². The monoisotopic (exact) mass is 349 g/mol. The first kappa shape index (κ1) is 16.7. The minimum absolute atomic E-state index is 0.0428. The Balaban J connectivity index is 1.67. The molecule has 0 fully saturated rings. The number of nitrogens with one attached hydrogen (secondary N) is 1. The van der Waals surface area contributed by atoms with E-state index in [9.17, 15) is 14.3 Å². The van der Waals surface area contributed by atoms with Crippen LogP contribution in [-0.2, 0) is 17.6 Å². The Bertz CT molecular complexity index is 766. The van der Waals surface area contributed by atoms with Gasteiger partial charge in [0.1, 0.15) is 11.6 Å². The summed E-state index contributed by atoms with van der Waals surface area (Å²) in [5, 5.41) is 12.2. The van der Waals surface area contributed by atoms with Gasteiger partial charge in [0.2, 0.25) is 5.91 Å². The third-order valence-electron chi connectivity index (χ3n) is 3.98. The fourth-order valence-electron chi connectivity index (χ4n) is 2.74. The summed E-state index contributed by atoms with van der Waals surface area (Å²) in [6, 6.07) is 9.17. The molecular weight excluding hydrogens is 333 g/mol. The van der Waals surface area contributed by atoms with Gasteiger partial charge in [0.15, 0.2) is 0 Å². The molecule has 3 rings (SSSR count). The average Bonchev–Trinajstić information content (AvgIpc) is 3.03. The van der Waals surface area contributed by atoms with Crippen LogP contribution in [0.1, 0.15) is 22.7 Å². The first-order valence-electron chi connectivity index (χ1n) is 7.66. The number of carbonyl (C=O) groups excluding carboxylic acids is 1. The first-order chi connectivity index (χ1) is 11.6. The molecule has 0 aliphatic carbocycles. The topological polar surface area (TPSA) is 58.6 Å². The Morgan fingerprint density at radius 1 is 1.33 bits per heavy atom. The van der Waals surface area contributed by atoms with Gasteiger partial charge in [-0.05, 0) is 34.9 Å². The molecule has 1 heterocycles. The van der Waals surface area contributed by atoms with E-state index in [-0.39, 0.29) is 24.0 Å². The van der Waals surface area contributed by atoms with Crippen molar-refractivity contribution >= 4 is 17.5 Å². The molecule has 1 aliphatic rings. The van der Waals surface area contributed by atoms with Crippen molar-refractivity contribution in [2.75, 3.05) is 13.2 Å². The van der Waals surface area contributed by atoms with E-state index < -0.39 is 11.9 Å². The van der Waals surface area contributed by atoms with E-state index in [4.69, 9.17) is 16.3 Å². The lowest BCUT2D eigenvalue weighted by molar-refractivity contribution is -0.121. The third kappa shape index (κ3) is 3.68. The van der Waals surface area contributed by atoms with Gasteiger partial charge in [0, 0.05) is 6.42 Å². The maximum atomic E-state index is 13.2. The molecule has 6 heteroatoms. The molecule has 126 valence electrons. The summed E-state index contributed by atoms with van der Waals surface area (Å²) in [5.41, 5.74) is 2.54. The van der Waals surface area contributed by atoms with Crippen LogP contribution in [0, 0.1) is 5.82 Å². The summed E-state index contributed by atoms with van der Waals surface area (Å²) >= 11 is 5.75. The fourth-order valence-corrected chi connectivity index (χ4v) is 2.93. The number of rotatable bonds is 5. The van der Waals surface area contributed by atoms with Crippen molar-refractivity contribution in [3.05, 3.63) is 63.9 Å². The smallest absolute Gasteiger partial charge is 0.224 e. The lowest BCUT2D eigenvalue weighted by Gasteiger charge is -2.17. The van der Waals surface area contributed by atoms with Crippen molar-refractivity contribution in [3.8, 4) is 5.75 Å². The highest BCUT2D eigenvalue weighted by Crippen LogP contribution is 2.26. The summed E-state index contributed by atoms with van der Waals surface area (Å²) in [4.78, 5) is 12.2. The zero-order valence-electron chi connectivity index (χ0n) is 12.9. The molecule has 0 bridgehead atoms. The second-order valence-corrected chi connectivity index (χ2v) is 6.10. The second-order valence-electron chi connectivity index (χ2n) is 5.69. The van der Waals surface area contributed by atoms with Gasteiger partial charge < -0.3 is 15.2 Å². The number of amides is 1. The predicted molar refractivity (Wildman–Crippen MR) is 88.7 cm³/mol. The molecule has 0 saturated heterocycles. The standard InChI is InChI=1S/C18H17ClFNO3/c19-14-9-12(2-3-15(14)20)16(10-22)21-18(23)8-11-1-4-17-13(7-11)5-6-24-17/h1-4,7,9,16,22H,5-6,8,10H2,(H,21,23). The molecule has 1 amide bonds. The predicted octanol–water partition coefficient (Wildman–Crippen LogP) is 2.81. The van der Waals surface area contributed by atoms with Crippen molar-refractivity contribution in [1.29, 1.82) is 0 Å². The molecule has 0 spiro atoms. The highest BCUT2D eigenvalue weighted by atomic mass is 35.5. The molecule has 0 saturated carbocycles. The Kier molecular flexibility index (Phi) is 5.02. The number of benzene rings is 2. The van der Waals surface area contributed by atoms with Crippen LogP contribution in [-0.4, -0.2) is 24.2 Å². The third-order valence-corrected chi connectivity index (χ3v) is 4.27. The van der Waals surface area contributed by atoms with Crippen LogP contribution in [0.3, 0.4) is 0 Å². The highest BCUT2D eigenvalue weighted by Gasteiger charge is 2.17. The minimum Gasteiger partial charge on any atom is -0.493 e. The number of aliphatic hydroxyl groups is 1. The Morgan fingerprint density at radius 3 is 2.92 bits per heavy atom. The van der Waals surface area contributed by atoms with E-state index in [1.165, 1.54) is 18.2 Å². The van der Waals surface area contributed by atoms with Crippen molar-refractivity contribution in [2.24, 2.45) is 0 Å². The van der Waals surface area contributed by atoms with Gasteiger partial charge in [-0.15, -0.1) is 0 Å². The van der Waals surface area contributed by atoms with E-state index in [0.29, 0.717) is 12.2 Å². The first-order valence-corrected chi connectivity index (χ1v) is 8.04. The van der Waals surface area contributed by atoms with Crippen LogP contribution in [0.4, 0.5) is 4.39 Å². The number of halogens is 2. The van der Waals surface area contributed by atoms with Crippen LogP contribution < -0.4 is 10.1 Å². The highest BCUT2D eigenvalue weighted by molar-refractivity contribution is 6.30. The summed E-state index contributed by atoms with van der Waals surface area (Å²) in [7, 11) is 0. The summed E-state index contributed by atoms with van der Waals surface area (Å²) in [5.74, 6) is 0.102. The van der Waals surface area contributed by atoms with Gasteiger partial charge in [0.05, 0.1) is 30.7 Å². The SMILES string of the molecule is O=C(Cc1ccc2c(c1)CCO2)NC(CO)c1ccc(F)c(Cl)c1. The molecule has 4 nitrogen and oxygen atoms in total. The Hall–Kier alpha value is -2.11. The van der Waals surface area contributed by atoms with Gasteiger partial charge in [-0.25, -0.2) is 4.39 Å². The van der Waals surface area contributed by atoms with E-state index in [2.05, 4.69) is 5.32 Å². The van der Waals surface area contributed by atoms with E-state index in [1.54, 1.807) is 0 Å². The van der Waals surface area contributed by atoms with Crippen LogP contribution in [0.15, 0.2) is 36.4 Å². The number of hydrogen-bond donors (Lipinski definition) is 2. The normalized spacial score (nSPS) is 14.0. The lowest BCUT2D eigenvalue weighted by Crippen LogP contribution is -2.32. The molecule has 2 aromatic carbocycles. The van der Waals surface area contributed by atoms with Crippen LogP contribution in [0.5, 0.6) is 5.75 Å². The lowest BCUT2D eigenvalue weighted by atomic mass is 10.0. The number of carbonyl (C=O) groups is 1. The van der Waals surface area contributed by atoms with Gasteiger partial charge in [-0.3, -0.25) is 4.79 Å². The molecule has 24 heavy (non-hydrogen) atoms. The Morgan fingerprint density at radius 2 is 2.17 bits per heavy atom. The van der Waals surface area contributed by atoms with Gasteiger partial charge >= 0.3 is 0 Å². The molecule has 1 unspecified atom stereocenters. The zero-order valence-corrected chi connectivity index (χ0v) is 13.6. The van der Waals surface area contributed by atoms with Crippen molar-refractivity contribution in [1.82, 2.24) is 5.32 Å². The van der Waals surface area contributed by atoms with Crippen molar-refractivity contribution in [3.63, 3.8) is 0 Å². The Labute approximate surface area is 144 Å². The van der Waals surface area contributed by atoms with E-state index >= 15 is 0 Å². The van der Waals surface area contributed by atoms with Crippen LogP contribution >= 0.6 is 11.6 Å². The number of hydrogen-bond acceptors (Lipinski definition) is 3. The fraction of sp³-hybridized carbons (Fsp3) is 0.278. The molecule has 1 aliphatic heterocycles. The summed E-state index contributed by atoms with van der Waals surface area (Å²) in [6.45, 7) is 0.370. The van der Waals surface area contributed by atoms with E-state index in [1.807, 2.05) is 18.2 Å². The largest absolute Gasteiger partial charge is 0.493 e. The second kappa shape index (κ2) is 7.20. The summed E-state index contributed by atoms with van der Waals surface area (Å²) in [6.07, 6.45) is 1.04. The minimum atomic E-state index is -0.631. The molecular formula is C18H17ClFNO3. The number of fused-ring (bicyclic) bond motifs is 1. The van der Waals surface area contributed by atoms with Gasteiger partial charge in [0.25, 0.3) is 0 Å². The number of aliphatic hydroxyl groups excluding tert-OH is 1. The summed E-state index contributed by atoms with van der Waals surface area (Å²) < 4.78 is 18.7. The quantitative estimate of drug-likeness (QED) is 0.872. The van der Waals surface area contributed by atoms with Crippen LogP contribution in [0.2, 0.25) is 5.02 Å². The van der Waals surface area contributed by atoms with Crippen molar-refractivity contribution < 1.29 is 19.0 Å². The van der Waals surface area contributed by atoms with Crippen molar-refractivity contribution in [2.45, 2.75) is 18.9 Å². The zero-order chi connectivity index (χ0) is 17.1. The maximum Gasteiger partial charge on any atom is 0.224 e. The van der Waals surface area contributed by atoms with Gasteiger partial charge in [-0.1, -0.05) is 29.8 Å². The molecule has 0 aromatic heterocycles. The van der Waals surface area contributed by atoms with E-state index in [0.717, 1.165) is 23.3 Å². The molecule has 2 aromatic rings. The van der Waals surface area contributed by atoms with Crippen LogP contribution in [0.25, 0.3) is 0 Å². The number of ether oxygens (including phenoxy) is 1. The molecule has 2 N–H and O–H groups in total. The molecule has 1 atom stereocenters. The maximum absolute atomic E-state index is 13.2.